The largest absolute Gasteiger partial charge is 0.135 e. The van der Waals surface area contributed by atoms with Crippen LogP contribution >= 0.6 is 11.3 Å². The normalized spacial score (nSPS) is 13.7. The lowest BCUT2D eigenvalue weighted by Crippen LogP contribution is -1.96. The van der Waals surface area contributed by atoms with E-state index in [4.69, 9.17) is 0 Å². The number of hydrogen-bond donors (Lipinski definition) is 0. The van der Waals surface area contributed by atoms with Crippen LogP contribution in [0.25, 0.3) is 20.2 Å². The van der Waals surface area contributed by atoms with Crippen molar-refractivity contribution in [2.24, 2.45) is 0 Å². The Balaban J connectivity index is 0.000000814. The van der Waals surface area contributed by atoms with Gasteiger partial charge in [-0.3, -0.25) is 0 Å². The third-order valence-corrected chi connectivity index (χ3v) is 6.51. The average Bonchev–Trinajstić information content (AvgIpc) is 3.08. The van der Waals surface area contributed by atoms with Crippen LogP contribution in [0.5, 0.6) is 0 Å². The zero-order chi connectivity index (χ0) is 17.9. The maximum Gasteiger partial charge on any atom is 0.0358 e. The van der Waals surface area contributed by atoms with E-state index < -0.39 is 0 Å². The minimum absolute atomic E-state index is 1.16. The maximum absolute atomic E-state index is 3.00. The number of benzene rings is 3. The van der Waals surface area contributed by atoms with E-state index in [0.717, 1.165) is 12.8 Å². The summed E-state index contributed by atoms with van der Waals surface area (Å²) in [5, 5.41) is 2.86. The summed E-state index contributed by atoms with van der Waals surface area (Å²) >= 11 is 1.94. The Morgan fingerprint density at radius 3 is 2.04 bits per heavy atom. The molecular formula is C25H24S. The molecule has 3 aromatic carbocycles. The van der Waals surface area contributed by atoms with Gasteiger partial charge in [0.15, 0.2) is 0 Å². The second-order valence-corrected chi connectivity index (χ2v) is 7.92. The van der Waals surface area contributed by atoms with Crippen LogP contribution in [0.15, 0.2) is 73.8 Å². The topological polar surface area (TPSA) is 0 Å². The lowest BCUT2D eigenvalue weighted by molar-refractivity contribution is 0.818. The van der Waals surface area contributed by atoms with Crippen LogP contribution in [0, 0.1) is 0 Å². The van der Waals surface area contributed by atoms with Crippen LogP contribution in [0.1, 0.15) is 28.7 Å². The minimum atomic E-state index is 1.16. The van der Waals surface area contributed by atoms with Crippen LogP contribution in [0.4, 0.5) is 0 Å². The smallest absolute Gasteiger partial charge is 0.0358 e. The van der Waals surface area contributed by atoms with Gasteiger partial charge in [-0.05, 0) is 72.6 Å². The fourth-order valence-corrected chi connectivity index (χ4v) is 5.26. The molecule has 0 atom stereocenters. The molecule has 1 aromatic heterocycles. The zero-order valence-corrected chi connectivity index (χ0v) is 15.9. The molecule has 0 spiro atoms. The summed E-state index contributed by atoms with van der Waals surface area (Å²) in [6.45, 7) is 6.00. The standard InChI is InChI=1S/C23H20S.C2H4/c1-2-7-17-12-13-19-14-21-20-10-3-4-11-22(20)24-23(21)15-18(19)9-5-8-16(17)6-1;1-2/h1-4,6-7,10-11,14-15H,5,8-9,12-13H2;1-2H2. The van der Waals surface area contributed by atoms with Crippen molar-refractivity contribution in [3.63, 3.8) is 0 Å². The van der Waals surface area contributed by atoms with E-state index in [0.29, 0.717) is 0 Å². The van der Waals surface area contributed by atoms with Gasteiger partial charge in [0.2, 0.25) is 0 Å². The van der Waals surface area contributed by atoms with E-state index in [-0.39, 0.29) is 0 Å². The van der Waals surface area contributed by atoms with Crippen molar-refractivity contribution < 1.29 is 0 Å². The fourth-order valence-electron chi connectivity index (χ4n) is 4.11. The first kappa shape index (κ1) is 17.1. The van der Waals surface area contributed by atoms with E-state index in [9.17, 15) is 0 Å². The number of aryl methyl sites for hydroxylation is 4. The highest BCUT2D eigenvalue weighted by Crippen LogP contribution is 2.36. The van der Waals surface area contributed by atoms with Gasteiger partial charge in [0.1, 0.15) is 0 Å². The lowest BCUT2D eigenvalue weighted by atomic mass is 9.96. The Bertz CT molecular complexity index is 1050. The predicted octanol–water partition coefficient (Wildman–Crippen LogP) is 7.13. The third-order valence-electron chi connectivity index (χ3n) is 5.37. The quantitative estimate of drug-likeness (QED) is 0.294. The number of thiophene rings is 1. The van der Waals surface area contributed by atoms with Crippen molar-refractivity contribution in [2.75, 3.05) is 0 Å². The van der Waals surface area contributed by atoms with Gasteiger partial charge >= 0.3 is 0 Å². The Labute approximate surface area is 159 Å². The fraction of sp³-hybridized carbons (Fsp3) is 0.200. The number of rotatable bonds is 0. The van der Waals surface area contributed by atoms with Gasteiger partial charge in [0.05, 0.1) is 0 Å². The van der Waals surface area contributed by atoms with Gasteiger partial charge in [0.25, 0.3) is 0 Å². The number of fused-ring (bicyclic) bond motifs is 5. The molecule has 0 N–H and O–H groups in total. The maximum atomic E-state index is 3.00. The molecule has 0 radical (unpaired) electrons. The molecular weight excluding hydrogens is 332 g/mol. The van der Waals surface area contributed by atoms with Crippen LogP contribution in [0.2, 0.25) is 0 Å². The molecule has 0 aliphatic heterocycles. The summed E-state index contributed by atoms with van der Waals surface area (Å²) in [7, 11) is 0. The van der Waals surface area contributed by atoms with E-state index in [2.05, 4.69) is 73.8 Å². The van der Waals surface area contributed by atoms with E-state index in [1.807, 2.05) is 11.3 Å². The van der Waals surface area contributed by atoms with Crippen molar-refractivity contribution in [2.45, 2.75) is 32.1 Å². The molecule has 130 valence electrons. The Hall–Kier alpha value is -2.38. The lowest BCUT2D eigenvalue weighted by Gasteiger charge is -2.09. The molecule has 1 heterocycles. The highest BCUT2D eigenvalue weighted by Gasteiger charge is 2.13. The predicted molar refractivity (Wildman–Crippen MR) is 116 cm³/mol. The molecule has 0 nitrogen and oxygen atoms in total. The van der Waals surface area contributed by atoms with Gasteiger partial charge in [-0.2, -0.15) is 0 Å². The summed E-state index contributed by atoms with van der Waals surface area (Å²) in [6, 6.07) is 22.8. The van der Waals surface area contributed by atoms with Gasteiger partial charge < -0.3 is 0 Å². The van der Waals surface area contributed by atoms with Crippen molar-refractivity contribution >= 4 is 31.5 Å². The molecule has 0 saturated heterocycles. The zero-order valence-electron chi connectivity index (χ0n) is 15.1. The summed E-state index contributed by atoms with van der Waals surface area (Å²) in [5.41, 5.74) is 6.22. The summed E-state index contributed by atoms with van der Waals surface area (Å²) in [4.78, 5) is 0. The Morgan fingerprint density at radius 2 is 1.19 bits per heavy atom. The number of hydrogen-bond acceptors (Lipinski definition) is 1. The second-order valence-electron chi connectivity index (χ2n) is 6.84. The van der Waals surface area contributed by atoms with Crippen molar-refractivity contribution in [3.05, 3.63) is 96.1 Å². The first-order valence-corrected chi connectivity index (χ1v) is 10.2. The molecule has 0 unspecified atom stereocenters. The molecule has 1 aliphatic carbocycles. The minimum Gasteiger partial charge on any atom is -0.135 e. The van der Waals surface area contributed by atoms with Crippen LogP contribution in [-0.4, -0.2) is 0 Å². The highest BCUT2D eigenvalue weighted by molar-refractivity contribution is 7.25. The Kier molecular flexibility index (Phi) is 4.90. The first-order valence-electron chi connectivity index (χ1n) is 9.38. The third kappa shape index (κ3) is 3.08. The van der Waals surface area contributed by atoms with Gasteiger partial charge in [-0.1, -0.05) is 42.5 Å². The van der Waals surface area contributed by atoms with Gasteiger partial charge in [-0.25, -0.2) is 0 Å². The summed E-state index contributed by atoms with van der Waals surface area (Å²) < 4.78 is 2.86. The van der Waals surface area contributed by atoms with Crippen LogP contribution < -0.4 is 0 Å². The molecule has 0 saturated carbocycles. The molecule has 1 aliphatic rings. The van der Waals surface area contributed by atoms with Gasteiger partial charge in [0, 0.05) is 20.2 Å². The van der Waals surface area contributed by atoms with E-state index in [1.165, 1.54) is 39.4 Å². The molecule has 4 aromatic rings. The average molecular weight is 357 g/mol. The van der Waals surface area contributed by atoms with Gasteiger partial charge in [-0.15, -0.1) is 24.5 Å². The molecule has 0 bridgehead atoms. The Morgan fingerprint density at radius 1 is 0.577 bits per heavy atom. The first-order chi connectivity index (χ1) is 12.9. The van der Waals surface area contributed by atoms with Crippen molar-refractivity contribution in [3.8, 4) is 0 Å². The van der Waals surface area contributed by atoms with Crippen LogP contribution in [-0.2, 0) is 25.7 Å². The van der Waals surface area contributed by atoms with Crippen LogP contribution in [0.3, 0.4) is 0 Å². The summed E-state index contributed by atoms with van der Waals surface area (Å²) in [5.74, 6) is 0. The SMILES string of the molecule is C=C.c1ccc2c(c1)CCCc1cc3sc4ccccc4c3cc1CC2. The van der Waals surface area contributed by atoms with E-state index in [1.54, 1.807) is 22.3 Å². The van der Waals surface area contributed by atoms with Crippen molar-refractivity contribution in [1.82, 2.24) is 0 Å². The molecule has 0 amide bonds. The molecule has 26 heavy (non-hydrogen) atoms. The molecule has 0 fully saturated rings. The molecule has 5 rings (SSSR count). The van der Waals surface area contributed by atoms with Crippen molar-refractivity contribution in [1.29, 1.82) is 0 Å². The molecule has 1 heteroatoms. The van der Waals surface area contributed by atoms with E-state index >= 15 is 0 Å². The summed E-state index contributed by atoms with van der Waals surface area (Å²) in [6.07, 6.45) is 5.98. The highest BCUT2D eigenvalue weighted by atomic mass is 32.1. The second kappa shape index (κ2) is 7.47. The monoisotopic (exact) mass is 356 g/mol.